The Hall–Kier alpha value is -1.59. The van der Waals surface area contributed by atoms with Crippen molar-refractivity contribution in [3.05, 3.63) is 0 Å². The maximum atomic E-state index is 12.8. The summed E-state index contributed by atoms with van der Waals surface area (Å²) in [5.74, 6) is -0.842. The molecule has 6 heteroatoms. The van der Waals surface area contributed by atoms with Crippen molar-refractivity contribution >= 4 is 17.9 Å². The Labute approximate surface area is 368 Å². The van der Waals surface area contributed by atoms with Gasteiger partial charge in [0.25, 0.3) is 0 Å². The van der Waals surface area contributed by atoms with Gasteiger partial charge in [-0.15, -0.1) is 0 Å². The zero-order valence-electron chi connectivity index (χ0n) is 40.1. The molecule has 0 spiro atoms. The minimum absolute atomic E-state index is 0.0619. The Morgan fingerprint density at radius 2 is 0.458 bits per heavy atom. The van der Waals surface area contributed by atoms with Gasteiger partial charge in [0, 0.05) is 19.3 Å². The first-order chi connectivity index (χ1) is 29.0. The molecule has 0 radical (unpaired) electrons. The van der Waals surface area contributed by atoms with Crippen molar-refractivity contribution in [1.29, 1.82) is 0 Å². The van der Waals surface area contributed by atoms with E-state index in [9.17, 15) is 14.4 Å². The molecule has 1 atom stereocenters. The number of ether oxygens (including phenoxy) is 3. The minimum atomic E-state index is -0.759. The molecular weight excluding hydrogens is 733 g/mol. The van der Waals surface area contributed by atoms with Crippen molar-refractivity contribution in [3.8, 4) is 0 Å². The summed E-state index contributed by atoms with van der Waals surface area (Å²) in [6, 6.07) is 0. The van der Waals surface area contributed by atoms with Crippen LogP contribution in [0.2, 0.25) is 0 Å². The predicted octanol–water partition coefficient (Wildman–Crippen LogP) is 17.2. The monoisotopic (exact) mass is 835 g/mol. The number of unbranched alkanes of at least 4 members (excludes halogenated alkanes) is 38. The lowest BCUT2D eigenvalue weighted by Crippen LogP contribution is -2.30. The Morgan fingerprint density at radius 3 is 0.678 bits per heavy atom. The first kappa shape index (κ1) is 57.4. The number of hydrogen-bond donors (Lipinski definition) is 0. The SMILES string of the molecule is CCCCCCCCCCCCCCCCCCCCCC(=O)O[C@@H](COC(=O)CCCCCCCCCCCC)COC(=O)CCCCCCCCCCCCCC. The molecule has 0 saturated heterocycles. The highest BCUT2D eigenvalue weighted by molar-refractivity contribution is 5.71. The summed E-state index contributed by atoms with van der Waals surface area (Å²) >= 11 is 0. The lowest BCUT2D eigenvalue weighted by Gasteiger charge is -2.18. The van der Waals surface area contributed by atoms with Crippen molar-refractivity contribution in [2.75, 3.05) is 13.2 Å². The summed E-state index contributed by atoms with van der Waals surface area (Å²) < 4.78 is 16.8. The van der Waals surface area contributed by atoms with Crippen LogP contribution >= 0.6 is 0 Å². The molecule has 0 heterocycles. The van der Waals surface area contributed by atoms with Gasteiger partial charge in [0.05, 0.1) is 0 Å². The van der Waals surface area contributed by atoms with Gasteiger partial charge in [-0.3, -0.25) is 14.4 Å². The van der Waals surface area contributed by atoms with Gasteiger partial charge in [-0.05, 0) is 19.3 Å². The van der Waals surface area contributed by atoms with E-state index in [0.29, 0.717) is 19.3 Å². The van der Waals surface area contributed by atoms with Crippen LogP contribution in [0.4, 0.5) is 0 Å². The molecule has 0 N–H and O–H groups in total. The van der Waals surface area contributed by atoms with Crippen LogP contribution in [0.15, 0.2) is 0 Å². The second-order valence-electron chi connectivity index (χ2n) is 18.2. The van der Waals surface area contributed by atoms with Gasteiger partial charge in [0.15, 0.2) is 6.10 Å². The maximum Gasteiger partial charge on any atom is 0.306 e. The Morgan fingerprint density at radius 1 is 0.271 bits per heavy atom. The molecule has 0 saturated carbocycles. The van der Waals surface area contributed by atoms with Gasteiger partial charge in [-0.2, -0.15) is 0 Å². The molecule has 0 aliphatic rings. The number of hydrogen-bond acceptors (Lipinski definition) is 6. The fraction of sp³-hybridized carbons (Fsp3) is 0.943. The van der Waals surface area contributed by atoms with E-state index in [1.54, 1.807) is 0 Å². The molecule has 6 nitrogen and oxygen atoms in total. The predicted molar refractivity (Wildman–Crippen MR) is 252 cm³/mol. The highest BCUT2D eigenvalue weighted by Crippen LogP contribution is 2.17. The van der Waals surface area contributed by atoms with Crippen LogP contribution in [0, 0.1) is 0 Å². The third-order valence-electron chi connectivity index (χ3n) is 12.1. The summed E-state index contributed by atoms with van der Waals surface area (Å²) in [6.45, 7) is 6.67. The molecule has 0 fully saturated rings. The second-order valence-corrected chi connectivity index (χ2v) is 18.2. The molecule has 0 unspecified atom stereocenters. The average molecular weight is 835 g/mol. The fourth-order valence-electron chi connectivity index (χ4n) is 8.09. The molecule has 0 aromatic heterocycles. The van der Waals surface area contributed by atoms with E-state index < -0.39 is 6.10 Å². The molecular formula is C53H102O6. The van der Waals surface area contributed by atoms with Crippen LogP contribution in [0.5, 0.6) is 0 Å². The van der Waals surface area contributed by atoms with Crippen LogP contribution in [-0.2, 0) is 28.6 Å². The van der Waals surface area contributed by atoms with Crippen molar-refractivity contribution in [2.24, 2.45) is 0 Å². The zero-order valence-corrected chi connectivity index (χ0v) is 40.1. The van der Waals surface area contributed by atoms with Crippen LogP contribution in [-0.4, -0.2) is 37.2 Å². The number of esters is 3. The van der Waals surface area contributed by atoms with Gasteiger partial charge < -0.3 is 14.2 Å². The van der Waals surface area contributed by atoms with Crippen molar-refractivity contribution in [3.63, 3.8) is 0 Å². The number of rotatable bonds is 49. The standard InChI is InChI=1S/C53H102O6/c1-4-7-10-13-16-19-22-24-25-26-27-28-29-30-32-35-38-41-44-47-53(56)59-50(48-57-51(54)45-42-39-36-33-21-18-15-12-9-6-3)49-58-52(55)46-43-40-37-34-31-23-20-17-14-11-8-5-2/h50H,4-49H2,1-3H3/t50-/m0/s1. The van der Waals surface area contributed by atoms with Gasteiger partial charge in [0.2, 0.25) is 0 Å². The van der Waals surface area contributed by atoms with E-state index in [1.807, 2.05) is 0 Å². The van der Waals surface area contributed by atoms with Crippen molar-refractivity contribution < 1.29 is 28.6 Å². The summed E-state index contributed by atoms with van der Waals surface area (Å²) in [4.78, 5) is 37.9. The first-order valence-corrected chi connectivity index (χ1v) is 26.5. The summed E-state index contributed by atoms with van der Waals surface area (Å²) in [6.07, 6.45) is 52.3. The molecule has 0 amide bonds. The van der Waals surface area contributed by atoms with Gasteiger partial charge >= 0.3 is 17.9 Å². The molecule has 0 aromatic carbocycles. The average Bonchev–Trinajstić information content (AvgIpc) is 3.23. The molecule has 0 bridgehead atoms. The first-order valence-electron chi connectivity index (χ1n) is 26.5. The Bertz CT molecular complexity index is 874. The van der Waals surface area contributed by atoms with E-state index >= 15 is 0 Å². The topological polar surface area (TPSA) is 78.9 Å². The number of carbonyl (C=O) groups excluding carboxylic acids is 3. The van der Waals surface area contributed by atoms with Gasteiger partial charge in [-0.25, -0.2) is 0 Å². The highest BCUT2D eigenvalue weighted by Gasteiger charge is 2.19. The quantitative estimate of drug-likeness (QED) is 0.0345. The van der Waals surface area contributed by atoms with E-state index in [2.05, 4.69) is 20.8 Å². The van der Waals surface area contributed by atoms with Crippen LogP contribution < -0.4 is 0 Å². The molecule has 0 aromatic rings. The molecule has 0 rings (SSSR count). The third-order valence-corrected chi connectivity index (χ3v) is 12.1. The molecule has 350 valence electrons. The normalized spacial score (nSPS) is 11.8. The minimum Gasteiger partial charge on any atom is -0.462 e. The second kappa shape index (κ2) is 49.1. The molecule has 59 heavy (non-hydrogen) atoms. The molecule has 0 aliphatic carbocycles. The fourth-order valence-corrected chi connectivity index (χ4v) is 8.09. The molecule has 0 aliphatic heterocycles. The third kappa shape index (κ3) is 47.3. The maximum absolute atomic E-state index is 12.8. The van der Waals surface area contributed by atoms with Crippen LogP contribution in [0.1, 0.15) is 303 Å². The summed E-state index contributed by atoms with van der Waals surface area (Å²) in [7, 11) is 0. The van der Waals surface area contributed by atoms with E-state index in [-0.39, 0.29) is 31.1 Å². The van der Waals surface area contributed by atoms with Crippen LogP contribution in [0.3, 0.4) is 0 Å². The van der Waals surface area contributed by atoms with Crippen molar-refractivity contribution in [2.45, 2.75) is 309 Å². The van der Waals surface area contributed by atoms with Crippen LogP contribution in [0.25, 0.3) is 0 Å². The Balaban J connectivity index is 4.24. The van der Waals surface area contributed by atoms with Gasteiger partial charge in [-0.1, -0.05) is 265 Å². The van der Waals surface area contributed by atoms with E-state index in [1.165, 1.54) is 205 Å². The van der Waals surface area contributed by atoms with E-state index in [0.717, 1.165) is 57.8 Å². The number of carbonyl (C=O) groups is 3. The largest absolute Gasteiger partial charge is 0.462 e. The smallest absolute Gasteiger partial charge is 0.306 e. The lowest BCUT2D eigenvalue weighted by atomic mass is 10.0. The Kier molecular flexibility index (Phi) is 47.7. The summed E-state index contributed by atoms with van der Waals surface area (Å²) in [5.41, 5.74) is 0. The lowest BCUT2D eigenvalue weighted by molar-refractivity contribution is -0.167. The summed E-state index contributed by atoms with van der Waals surface area (Å²) in [5, 5.41) is 0. The van der Waals surface area contributed by atoms with Crippen molar-refractivity contribution in [1.82, 2.24) is 0 Å². The van der Waals surface area contributed by atoms with Gasteiger partial charge in [0.1, 0.15) is 13.2 Å². The highest BCUT2D eigenvalue weighted by atomic mass is 16.6. The van der Waals surface area contributed by atoms with E-state index in [4.69, 9.17) is 14.2 Å². The zero-order chi connectivity index (χ0) is 43.0.